The van der Waals surface area contributed by atoms with Crippen molar-refractivity contribution in [3.05, 3.63) is 30.3 Å². The summed E-state index contributed by atoms with van der Waals surface area (Å²) in [6, 6.07) is 5.60. The standard InChI is InChI=1S/C12H16N4OS/c1-12(2,13)8-18-7-10-15-11(16-17-10)9-5-3-4-6-14-9/h3-6H,7-8,13H2,1-2H3. The van der Waals surface area contributed by atoms with Gasteiger partial charge in [0.05, 0.1) is 5.75 Å². The second-order valence-corrected chi connectivity index (χ2v) is 5.69. The van der Waals surface area contributed by atoms with E-state index < -0.39 is 0 Å². The van der Waals surface area contributed by atoms with Crippen molar-refractivity contribution in [2.24, 2.45) is 5.73 Å². The molecule has 0 atom stereocenters. The zero-order chi connectivity index (χ0) is 13.0. The van der Waals surface area contributed by atoms with Crippen molar-refractivity contribution < 1.29 is 4.52 Å². The highest BCUT2D eigenvalue weighted by molar-refractivity contribution is 7.98. The fourth-order valence-corrected chi connectivity index (χ4v) is 2.23. The van der Waals surface area contributed by atoms with Gasteiger partial charge in [0.1, 0.15) is 5.69 Å². The monoisotopic (exact) mass is 264 g/mol. The van der Waals surface area contributed by atoms with Gasteiger partial charge < -0.3 is 10.3 Å². The average Bonchev–Trinajstić information content (AvgIpc) is 2.77. The number of nitrogens with zero attached hydrogens (tertiary/aromatic N) is 3. The lowest BCUT2D eigenvalue weighted by Crippen LogP contribution is -2.34. The van der Waals surface area contributed by atoms with Crippen LogP contribution >= 0.6 is 11.8 Å². The minimum absolute atomic E-state index is 0.186. The van der Waals surface area contributed by atoms with E-state index in [1.165, 1.54) is 0 Å². The SMILES string of the molecule is CC(C)(N)CSCc1nc(-c2ccccn2)no1. The van der Waals surface area contributed by atoms with E-state index in [1.807, 2.05) is 32.0 Å². The van der Waals surface area contributed by atoms with E-state index >= 15 is 0 Å². The zero-order valence-corrected chi connectivity index (χ0v) is 11.3. The molecule has 5 nitrogen and oxygen atoms in total. The molecule has 18 heavy (non-hydrogen) atoms. The van der Waals surface area contributed by atoms with Crippen LogP contribution in [-0.4, -0.2) is 26.4 Å². The summed E-state index contributed by atoms with van der Waals surface area (Å²) < 4.78 is 5.17. The molecule has 0 bridgehead atoms. The first-order valence-electron chi connectivity index (χ1n) is 5.65. The molecule has 2 aromatic rings. The molecular formula is C12H16N4OS. The van der Waals surface area contributed by atoms with E-state index in [1.54, 1.807) is 18.0 Å². The Bertz CT molecular complexity index is 492. The third-order valence-electron chi connectivity index (χ3n) is 2.06. The average molecular weight is 264 g/mol. The van der Waals surface area contributed by atoms with Crippen LogP contribution in [0.4, 0.5) is 0 Å². The summed E-state index contributed by atoms with van der Waals surface area (Å²) in [6.45, 7) is 3.99. The van der Waals surface area contributed by atoms with Crippen LogP contribution in [-0.2, 0) is 5.75 Å². The van der Waals surface area contributed by atoms with E-state index in [9.17, 15) is 0 Å². The lowest BCUT2D eigenvalue weighted by atomic mass is 10.1. The number of thioether (sulfide) groups is 1. The van der Waals surface area contributed by atoms with Crippen molar-refractivity contribution in [1.29, 1.82) is 0 Å². The van der Waals surface area contributed by atoms with Crippen molar-refractivity contribution in [2.75, 3.05) is 5.75 Å². The van der Waals surface area contributed by atoms with Crippen molar-refractivity contribution in [3.8, 4) is 11.5 Å². The highest BCUT2D eigenvalue weighted by Gasteiger charge is 2.13. The van der Waals surface area contributed by atoms with Crippen LogP contribution in [0, 0.1) is 0 Å². The summed E-state index contributed by atoms with van der Waals surface area (Å²) >= 11 is 1.68. The third kappa shape index (κ3) is 3.82. The minimum atomic E-state index is -0.186. The Morgan fingerprint density at radius 2 is 2.22 bits per heavy atom. The maximum absolute atomic E-state index is 5.90. The molecule has 2 rings (SSSR count). The van der Waals surface area contributed by atoms with E-state index in [0.717, 1.165) is 11.4 Å². The fraction of sp³-hybridized carbons (Fsp3) is 0.417. The molecule has 0 aromatic carbocycles. The Hall–Kier alpha value is -1.40. The topological polar surface area (TPSA) is 77.8 Å². The molecule has 0 fully saturated rings. The van der Waals surface area contributed by atoms with Gasteiger partial charge in [-0.2, -0.15) is 16.7 Å². The summed E-state index contributed by atoms with van der Waals surface area (Å²) in [6.07, 6.45) is 1.71. The highest BCUT2D eigenvalue weighted by atomic mass is 32.2. The van der Waals surface area contributed by atoms with Crippen molar-refractivity contribution in [3.63, 3.8) is 0 Å². The zero-order valence-electron chi connectivity index (χ0n) is 10.5. The molecule has 0 saturated carbocycles. The summed E-state index contributed by atoms with van der Waals surface area (Å²) in [4.78, 5) is 8.47. The molecule has 0 unspecified atom stereocenters. The molecule has 6 heteroatoms. The fourth-order valence-electron chi connectivity index (χ4n) is 1.31. The molecule has 0 aliphatic carbocycles. The number of pyridine rings is 1. The molecule has 0 spiro atoms. The van der Waals surface area contributed by atoms with Gasteiger partial charge in [0.25, 0.3) is 0 Å². The first-order valence-corrected chi connectivity index (χ1v) is 6.81. The van der Waals surface area contributed by atoms with Gasteiger partial charge in [0.2, 0.25) is 11.7 Å². The van der Waals surface area contributed by atoms with E-state index in [2.05, 4.69) is 15.1 Å². The maximum Gasteiger partial charge on any atom is 0.237 e. The van der Waals surface area contributed by atoms with Crippen LogP contribution in [0.5, 0.6) is 0 Å². The van der Waals surface area contributed by atoms with Gasteiger partial charge in [-0.3, -0.25) is 4.98 Å². The van der Waals surface area contributed by atoms with Crippen LogP contribution in [0.25, 0.3) is 11.5 Å². The number of nitrogens with two attached hydrogens (primary N) is 1. The predicted octanol–water partition coefficient (Wildman–Crippen LogP) is 2.10. The van der Waals surface area contributed by atoms with Gasteiger partial charge in [-0.15, -0.1) is 0 Å². The molecule has 2 N–H and O–H groups in total. The van der Waals surface area contributed by atoms with E-state index in [0.29, 0.717) is 17.5 Å². The maximum atomic E-state index is 5.90. The Morgan fingerprint density at radius 1 is 1.39 bits per heavy atom. The van der Waals surface area contributed by atoms with Crippen LogP contribution in [0.15, 0.2) is 28.9 Å². The highest BCUT2D eigenvalue weighted by Crippen LogP contribution is 2.18. The Kier molecular flexibility index (Phi) is 3.98. The Morgan fingerprint density at radius 3 is 2.89 bits per heavy atom. The second-order valence-electron chi connectivity index (χ2n) is 4.71. The van der Waals surface area contributed by atoms with Gasteiger partial charge in [0.15, 0.2) is 0 Å². The normalized spacial score (nSPS) is 11.7. The molecular weight excluding hydrogens is 248 g/mol. The van der Waals surface area contributed by atoms with Gasteiger partial charge in [-0.25, -0.2) is 0 Å². The van der Waals surface area contributed by atoms with Crippen LogP contribution in [0.3, 0.4) is 0 Å². The summed E-state index contributed by atoms with van der Waals surface area (Å²) in [5.74, 6) is 2.64. The van der Waals surface area contributed by atoms with Crippen LogP contribution < -0.4 is 5.73 Å². The lowest BCUT2D eigenvalue weighted by molar-refractivity contribution is 0.391. The van der Waals surface area contributed by atoms with E-state index in [-0.39, 0.29) is 5.54 Å². The van der Waals surface area contributed by atoms with Crippen LogP contribution in [0.1, 0.15) is 19.7 Å². The molecule has 2 heterocycles. The van der Waals surface area contributed by atoms with Gasteiger partial charge in [-0.05, 0) is 26.0 Å². The molecule has 0 aliphatic heterocycles. The lowest BCUT2D eigenvalue weighted by Gasteiger charge is -2.16. The second kappa shape index (κ2) is 5.49. The van der Waals surface area contributed by atoms with E-state index in [4.69, 9.17) is 10.3 Å². The van der Waals surface area contributed by atoms with Crippen molar-refractivity contribution in [2.45, 2.75) is 25.1 Å². The third-order valence-corrected chi connectivity index (χ3v) is 3.46. The van der Waals surface area contributed by atoms with Crippen molar-refractivity contribution in [1.82, 2.24) is 15.1 Å². The first kappa shape index (κ1) is 13.0. The number of aromatic nitrogens is 3. The Labute approximate surface area is 110 Å². The minimum Gasteiger partial charge on any atom is -0.338 e. The summed E-state index contributed by atoms with van der Waals surface area (Å²) in [5.41, 5.74) is 6.43. The number of hydrogen-bond donors (Lipinski definition) is 1. The van der Waals surface area contributed by atoms with Crippen molar-refractivity contribution >= 4 is 11.8 Å². The molecule has 0 amide bonds. The largest absolute Gasteiger partial charge is 0.338 e. The van der Waals surface area contributed by atoms with Gasteiger partial charge >= 0.3 is 0 Å². The Balaban J connectivity index is 1.95. The molecule has 96 valence electrons. The molecule has 0 saturated heterocycles. The molecule has 0 radical (unpaired) electrons. The summed E-state index contributed by atoms with van der Waals surface area (Å²) in [5, 5.41) is 3.91. The smallest absolute Gasteiger partial charge is 0.237 e. The quantitative estimate of drug-likeness (QED) is 0.891. The summed E-state index contributed by atoms with van der Waals surface area (Å²) in [7, 11) is 0. The molecule has 2 aromatic heterocycles. The van der Waals surface area contributed by atoms with Gasteiger partial charge in [0, 0.05) is 17.5 Å². The first-order chi connectivity index (χ1) is 8.54. The number of hydrogen-bond acceptors (Lipinski definition) is 6. The van der Waals surface area contributed by atoms with Crippen LogP contribution in [0.2, 0.25) is 0 Å². The number of rotatable bonds is 5. The molecule has 0 aliphatic rings. The predicted molar refractivity (Wildman–Crippen MR) is 72.0 cm³/mol. The van der Waals surface area contributed by atoms with Gasteiger partial charge in [-0.1, -0.05) is 11.2 Å².